The molecule has 0 aliphatic rings. The summed E-state index contributed by atoms with van der Waals surface area (Å²) < 4.78 is 21.9. The van der Waals surface area contributed by atoms with Crippen LogP contribution in [0.3, 0.4) is 0 Å². The maximum atomic E-state index is 11.0. The quantitative estimate of drug-likeness (QED) is 0.711. The molecule has 0 aliphatic heterocycles. The summed E-state index contributed by atoms with van der Waals surface area (Å²) in [6, 6.07) is 5.85. The third kappa shape index (κ3) is 1.88. The Morgan fingerprint density at radius 2 is 1.75 bits per heavy atom. The lowest BCUT2D eigenvalue weighted by Crippen LogP contribution is -1.95. The highest BCUT2D eigenvalue weighted by atomic mass is 32.2. The lowest BCUT2D eigenvalue weighted by molar-refractivity contribution is 0.602. The Bertz CT molecular complexity index is 380. The molecular formula is C7H8N2O2S. The molecule has 0 atom stereocenters. The molecule has 0 spiro atoms. The molecule has 5 heteroatoms. The van der Waals surface area contributed by atoms with Crippen LogP contribution in [-0.4, -0.2) is 14.7 Å². The second-order valence-electron chi connectivity index (χ2n) is 2.38. The fraction of sp³-hybridized carbons (Fsp3) is 0.143. The lowest BCUT2D eigenvalue weighted by Gasteiger charge is -1.96. The van der Waals surface area contributed by atoms with Crippen molar-refractivity contribution in [2.24, 2.45) is 5.11 Å². The van der Waals surface area contributed by atoms with Gasteiger partial charge in [-0.2, -0.15) is 5.11 Å². The van der Waals surface area contributed by atoms with Crippen molar-refractivity contribution in [3.8, 4) is 0 Å². The highest BCUT2D eigenvalue weighted by Crippen LogP contribution is 2.15. The minimum atomic E-state index is -3.13. The van der Waals surface area contributed by atoms with Crippen molar-refractivity contribution in [1.29, 1.82) is 5.53 Å². The third-order valence-corrected chi connectivity index (χ3v) is 2.52. The predicted molar refractivity (Wildman–Crippen MR) is 44.4 cm³/mol. The molecule has 1 rings (SSSR count). The van der Waals surface area contributed by atoms with Gasteiger partial charge >= 0.3 is 0 Å². The fourth-order valence-corrected chi connectivity index (χ4v) is 1.40. The van der Waals surface area contributed by atoms with Crippen molar-refractivity contribution in [1.82, 2.24) is 0 Å². The number of nitrogens with one attached hydrogen (secondary N) is 1. The number of benzene rings is 1. The van der Waals surface area contributed by atoms with Gasteiger partial charge in [-0.1, -0.05) is 0 Å². The number of nitrogens with zero attached hydrogens (tertiary/aromatic N) is 1. The Morgan fingerprint density at radius 3 is 2.08 bits per heavy atom. The van der Waals surface area contributed by atoms with Gasteiger partial charge < -0.3 is 0 Å². The molecule has 0 bridgehead atoms. The number of hydrogen-bond donors (Lipinski definition) is 1. The standard InChI is InChI=1S/C7H8N2O2S/c1-12(10,11)7-4-2-6(9-8)3-5-7/h2-5,8H,1H3. The summed E-state index contributed by atoms with van der Waals surface area (Å²) in [5, 5.41) is 3.15. The van der Waals surface area contributed by atoms with E-state index in [1.165, 1.54) is 24.3 Å². The highest BCUT2D eigenvalue weighted by Gasteiger charge is 2.05. The summed E-state index contributed by atoms with van der Waals surface area (Å²) in [4.78, 5) is 0.245. The maximum Gasteiger partial charge on any atom is 0.175 e. The summed E-state index contributed by atoms with van der Waals surface area (Å²) in [6.07, 6.45) is 1.14. The molecule has 4 nitrogen and oxygen atoms in total. The maximum absolute atomic E-state index is 11.0. The van der Waals surface area contributed by atoms with Crippen LogP contribution in [0.25, 0.3) is 0 Å². The van der Waals surface area contributed by atoms with E-state index in [-0.39, 0.29) is 4.90 Å². The Morgan fingerprint density at radius 1 is 1.25 bits per heavy atom. The van der Waals surface area contributed by atoms with E-state index < -0.39 is 9.84 Å². The Labute approximate surface area is 70.7 Å². The Kier molecular flexibility index (Phi) is 2.23. The first-order chi connectivity index (χ1) is 5.54. The molecule has 1 aromatic carbocycles. The number of hydrogen-bond acceptors (Lipinski definition) is 4. The van der Waals surface area contributed by atoms with E-state index in [2.05, 4.69) is 5.11 Å². The minimum absolute atomic E-state index is 0.245. The molecule has 0 aliphatic carbocycles. The smallest absolute Gasteiger partial charge is 0.175 e. The minimum Gasteiger partial charge on any atom is -0.224 e. The van der Waals surface area contributed by atoms with Crippen LogP contribution in [0.5, 0.6) is 0 Å². The van der Waals surface area contributed by atoms with Crippen molar-refractivity contribution in [2.75, 3.05) is 6.26 Å². The van der Waals surface area contributed by atoms with E-state index in [0.29, 0.717) is 5.69 Å². The zero-order valence-corrected chi connectivity index (χ0v) is 7.30. The van der Waals surface area contributed by atoms with Crippen LogP contribution < -0.4 is 0 Å². The molecule has 0 unspecified atom stereocenters. The highest BCUT2D eigenvalue weighted by molar-refractivity contribution is 7.90. The van der Waals surface area contributed by atoms with E-state index in [1.807, 2.05) is 0 Å². The van der Waals surface area contributed by atoms with Crippen molar-refractivity contribution in [3.63, 3.8) is 0 Å². The monoisotopic (exact) mass is 184 g/mol. The van der Waals surface area contributed by atoms with Crippen molar-refractivity contribution in [2.45, 2.75) is 4.90 Å². The van der Waals surface area contributed by atoms with Gasteiger partial charge in [0.25, 0.3) is 0 Å². The zero-order valence-electron chi connectivity index (χ0n) is 6.48. The molecule has 64 valence electrons. The summed E-state index contributed by atoms with van der Waals surface area (Å²) in [6.45, 7) is 0. The molecule has 0 aromatic heterocycles. The van der Waals surface area contributed by atoms with Crippen LogP contribution in [0.1, 0.15) is 0 Å². The van der Waals surface area contributed by atoms with Gasteiger partial charge in [0.05, 0.1) is 10.6 Å². The molecule has 0 heterocycles. The summed E-state index contributed by atoms with van der Waals surface area (Å²) in [5.74, 6) is 0. The van der Waals surface area contributed by atoms with Gasteiger partial charge in [-0.25, -0.2) is 13.9 Å². The van der Waals surface area contributed by atoms with Gasteiger partial charge in [0.1, 0.15) is 0 Å². The molecular weight excluding hydrogens is 176 g/mol. The molecule has 12 heavy (non-hydrogen) atoms. The summed E-state index contributed by atoms with van der Waals surface area (Å²) >= 11 is 0. The van der Waals surface area contributed by atoms with Crippen LogP contribution in [0.2, 0.25) is 0 Å². The predicted octanol–water partition coefficient (Wildman–Crippen LogP) is 1.75. The largest absolute Gasteiger partial charge is 0.224 e. The molecule has 0 saturated heterocycles. The SMILES string of the molecule is CS(=O)(=O)c1ccc(N=N)cc1. The van der Waals surface area contributed by atoms with Gasteiger partial charge in [0, 0.05) is 6.26 Å². The summed E-state index contributed by atoms with van der Waals surface area (Å²) in [5.41, 5.74) is 7.09. The van der Waals surface area contributed by atoms with Gasteiger partial charge in [-0.05, 0) is 24.3 Å². The van der Waals surface area contributed by atoms with Crippen LogP contribution in [-0.2, 0) is 9.84 Å². The first-order valence-corrected chi connectivity index (χ1v) is 5.11. The summed E-state index contributed by atoms with van der Waals surface area (Å²) in [7, 11) is -3.13. The number of sulfone groups is 1. The average Bonchev–Trinajstić information content (AvgIpc) is 2.03. The average molecular weight is 184 g/mol. The van der Waals surface area contributed by atoms with Gasteiger partial charge in [-0.15, -0.1) is 0 Å². The Hall–Kier alpha value is -1.23. The van der Waals surface area contributed by atoms with Gasteiger partial charge in [-0.3, -0.25) is 0 Å². The normalized spacial score (nSPS) is 11.1. The molecule has 1 aromatic rings. The van der Waals surface area contributed by atoms with Crippen LogP contribution >= 0.6 is 0 Å². The molecule has 0 radical (unpaired) electrons. The second kappa shape index (κ2) is 3.02. The lowest BCUT2D eigenvalue weighted by atomic mass is 10.3. The van der Waals surface area contributed by atoms with Crippen molar-refractivity contribution in [3.05, 3.63) is 24.3 Å². The number of rotatable bonds is 2. The zero-order chi connectivity index (χ0) is 9.19. The van der Waals surface area contributed by atoms with Crippen molar-refractivity contribution >= 4 is 15.5 Å². The third-order valence-electron chi connectivity index (χ3n) is 1.39. The van der Waals surface area contributed by atoms with Crippen LogP contribution in [0, 0.1) is 5.53 Å². The Balaban J connectivity index is 3.17. The van der Waals surface area contributed by atoms with Crippen LogP contribution in [0.4, 0.5) is 5.69 Å². The van der Waals surface area contributed by atoms with Gasteiger partial charge in [0.2, 0.25) is 0 Å². The fourth-order valence-electron chi connectivity index (χ4n) is 0.768. The topological polar surface area (TPSA) is 70.3 Å². The van der Waals surface area contributed by atoms with Gasteiger partial charge in [0.15, 0.2) is 9.84 Å². The molecule has 1 N–H and O–H groups in total. The molecule has 0 amide bonds. The van der Waals surface area contributed by atoms with E-state index in [0.717, 1.165) is 6.26 Å². The van der Waals surface area contributed by atoms with E-state index in [1.54, 1.807) is 0 Å². The second-order valence-corrected chi connectivity index (χ2v) is 4.39. The van der Waals surface area contributed by atoms with Crippen LogP contribution in [0.15, 0.2) is 34.3 Å². The first kappa shape index (κ1) is 8.86. The van der Waals surface area contributed by atoms with E-state index >= 15 is 0 Å². The van der Waals surface area contributed by atoms with E-state index in [9.17, 15) is 8.42 Å². The first-order valence-electron chi connectivity index (χ1n) is 3.21. The van der Waals surface area contributed by atoms with E-state index in [4.69, 9.17) is 5.53 Å². The van der Waals surface area contributed by atoms with Crippen molar-refractivity contribution < 1.29 is 8.42 Å². The molecule has 0 fully saturated rings. The molecule has 0 saturated carbocycles.